The maximum atomic E-state index is 13.2. The Hall–Kier alpha value is -2.09. The largest absolute Gasteiger partial charge is 0.395 e. The van der Waals surface area contributed by atoms with Gasteiger partial charge in [0.25, 0.3) is 0 Å². The summed E-state index contributed by atoms with van der Waals surface area (Å²) in [5, 5.41) is 21.5. The molecule has 0 aliphatic heterocycles. The molecule has 126 valence electrons. The number of rotatable bonds is 6. The molecule has 0 amide bonds. The molecule has 0 unspecified atom stereocenters. The second kappa shape index (κ2) is 7.21. The van der Waals surface area contributed by atoms with Crippen LogP contribution >= 0.6 is 11.3 Å². The van der Waals surface area contributed by atoms with Gasteiger partial charge in [0, 0.05) is 24.0 Å². The van der Waals surface area contributed by atoms with Gasteiger partial charge in [0.05, 0.1) is 18.6 Å². The predicted octanol–water partition coefficient (Wildman–Crippen LogP) is 2.60. The third kappa shape index (κ3) is 3.24. The highest BCUT2D eigenvalue weighted by atomic mass is 32.1. The minimum Gasteiger partial charge on any atom is -0.395 e. The molecular weight excluding hydrogens is 329 g/mol. The molecule has 2 heterocycles. The smallest absolute Gasteiger partial charge is 0.141 e. The van der Waals surface area contributed by atoms with Crippen LogP contribution in [0.2, 0.25) is 0 Å². The van der Waals surface area contributed by atoms with Crippen LogP contribution in [0.25, 0.3) is 21.3 Å². The summed E-state index contributed by atoms with van der Waals surface area (Å²) in [5.74, 6) is 1.03. The molecule has 0 aliphatic carbocycles. The Balaban J connectivity index is 2.20. The van der Waals surface area contributed by atoms with Crippen molar-refractivity contribution in [1.82, 2.24) is 9.97 Å². The molecule has 0 fully saturated rings. The quantitative estimate of drug-likeness (QED) is 0.717. The first-order valence-electron chi connectivity index (χ1n) is 7.62. The number of thiophene rings is 1. The molecule has 0 radical (unpaired) electrons. The van der Waals surface area contributed by atoms with E-state index < -0.39 is 0 Å². The molecule has 0 bridgehead atoms. The van der Waals surface area contributed by atoms with Gasteiger partial charge in [-0.25, -0.2) is 14.4 Å². The predicted molar refractivity (Wildman–Crippen MR) is 93.9 cm³/mol. The number of nitrogens with zero attached hydrogens (tertiary/aromatic N) is 3. The standard InChI is InChI=1S/C17H18FN3O2S/c1-11-19-16(21(6-8-22)7-9-23)15-14(10-24-17(15)20-11)12-2-4-13(18)5-3-12/h2-5,10,22-23H,6-9H2,1H3. The van der Waals surface area contributed by atoms with E-state index in [-0.39, 0.29) is 19.0 Å². The fourth-order valence-corrected chi connectivity index (χ4v) is 3.65. The molecule has 0 atom stereocenters. The number of aryl methyl sites for hydroxylation is 1. The lowest BCUT2D eigenvalue weighted by Gasteiger charge is -2.23. The van der Waals surface area contributed by atoms with Crippen LogP contribution in [0.4, 0.5) is 10.2 Å². The summed E-state index contributed by atoms with van der Waals surface area (Å²) in [5.41, 5.74) is 1.80. The first-order valence-corrected chi connectivity index (χ1v) is 8.50. The summed E-state index contributed by atoms with van der Waals surface area (Å²) in [6, 6.07) is 6.30. The minimum absolute atomic E-state index is 0.0411. The van der Waals surface area contributed by atoms with Gasteiger partial charge >= 0.3 is 0 Å². The summed E-state index contributed by atoms with van der Waals surface area (Å²) in [6.45, 7) is 2.47. The first kappa shape index (κ1) is 16.8. The minimum atomic E-state index is -0.284. The maximum absolute atomic E-state index is 13.2. The lowest BCUT2D eigenvalue weighted by atomic mass is 10.1. The molecule has 7 heteroatoms. The molecule has 24 heavy (non-hydrogen) atoms. The van der Waals surface area contributed by atoms with E-state index in [1.807, 2.05) is 17.2 Å². The van der Waals surface area contributed by atoms with Crippen molar-refractivity contribution in [3.05, 3.63) is 41.3 Å². The van der Waals surface area contributed by atoms with E-state index in [1.165, 1.54) is 23.5 Å². The second-order valence-corrected chi connectivity index (χ2v) is 6.22. The van der Waals surface area contributed by atoms with Crippen LogP contribution < -0.4 is 4.90 Å². The molecule has 0 spiro atoms. The lowest BCUT2D eigenvalue weighted by molar-refractivity contribution is 0.281. The van der Waals surface area contributed by atoms with Gasteiger partial charge < -0.3 is 15.1 Å². The highest BCUT2D eigenvalue weighted by molar-refractivity contribution is 7.17. The second-order valence-electron chi connectivity index (χ2n) is 5.37. The lowest BCUT2D eigenvalue weighted by Crippen LogP contribution is -2.30. The van der Waals surface area contributed by atoms with Gasteiger partial charge in [0.15, 0.2) is 0 Å². The van der Waals surface area contributed by atoms with E-state index in [2.05, 4.69) is 9.97 Å². The van der Waals surface area contributed by atoms with Crippen LogP contribution in [0, 0.1) is 12.7 Å². The van der Waals surface area contributed by atoms with Crippen molar-refractivity contribution in [3.8, 4) is 11.1 Å². The van der Waals surface area contributed by atoms with Crippen molar-refractivity contribution >= 4 is 27.4 Å². The molecule has 2 N–H and O–H groups in total. The van der Waals surface area contributed by atoms with Gasteiger partial charge in [0.1, 0.15) is 22.3 Å². The van der Waals surface area contributed by atoms with Gasteiger partial charge in [-0.2, -0.15) is 0 Å². The summed E-state index contributed by atoms with van der Waals surface area (Å²) in [7, 11) is 0. The van der Waals surface area contributed by atoms with Crippen molar-refractivity contribution in [2.45, 2.75) is 6.92 Å². The van der Waals surface area contributed by atoms with Crippen molar-refractivity contribution in [2.75, 3.05) is 31.2 Å². The Morgan fingerprint density at radius 2 is 1.75 bits per heavy atom. The monoisotopic (exact) mass is 347 g/mol. The van der Waals surface area contributed by atoms with Gasteiger partial charge in [-0.1, -0.05) is 12.1 Å². The zero-order valence-corrected chi connectivity index (χ0v) is 14.1. The number of fused-ring (bicyclic) bond motifs is 1. The van der Waals surface area contributed by atoms with Gasteiger partial charge in [-0.05, 0) is 24.6 Å². The SMILES string of the molecule is Cc1nc(N(CCO)CCO)c2c(-c3ccc(F)cc3)csc2n1. The van der Waals surface area contributed by atoms with Crippen LogP contribution in [-0.2, 0) is 0 Å². The zero-order valence-electron chi connectivity index (χ0n) is 13.2. The molecule has 1 aromatic carbocycles. The number of aliphatic hydroxyl groups excluding tert-OH is 2. The normalized spacial score (nSPS) is 11.2. The van der Waals surface area contributed by atoms with Crippen molar-refractivity contribution in [1.29, 1.82) is 0 Å². The third-order valence-electron chi connectivity index (χ3n) is 3.72. The van der Waals surface area contributed by atoms with E-state index in [0.717, 1.165) is 21.3 Å². The summed E-state index contributed by atoms with van der Waals surface area (Å²) in [6.07, 6.45) is 0. The van der Waals surface area contributed by atoms with Crippen molar-refractivity contribution in [3.63, 3.8) is 0 Å². The molecule has 0 saturated carbocycles. The van der Waals surface area contributed by atoms with E-state index in [9.17, 15) is 14.6 Å². The molecule has 2 aromatic heterocycles. The topological polar surface area (TPSA) is 69.5 Å². The number of benzene rings is 1. The Morgan fingerprint density at radius 3 is 2.38 bits per heavy atom. The molecule has 5 nitrogen and oxygen atoms in total. The number of hydrogen-bond donors (Lipinski definition) is 2. The number of aromatic nitrogens is 2. The Labute approximate surface area is 143 Å². The van der Waals surface area contributed by atoms with Gasteiger partial charge in [-0.3, -0.25) is 0 Å². The van der Waals surface area contributed by atoms with Crippen LogP contribution in [-0.4, -0.2) is 46.5 Å². The third-order valence-corrected chi connectivity index (χ3v) is 4.59. The zero-order chi connectivity index (χ0) is 17.1. The molecule has 3 aromatic rings. The maximum Gasteiger partial charge on any atom is 0.141 e. The van der Waals surface area contributed by atoms with Gasteiger partial charge in [0.2, 0.25) is 0 Å². The number of hydrogen-bond acceptors (Lipinski definition) is 6. The number of halogens is 1. The number of anilines is 1. The average molecular weight is 347 g/mol. The first-order chi connectivity index (χ1) is 11.6. The van der Waals surface area contributed by atoms with Crippen LogP contribution in [0.15, 0.2) is 29.6 Å². The molecule has 3 rings (SSSR count). The van der Waals surface area contributed by atoms with Gasteiger partial charge in [-0.15, -0.1) is 11.3 Å². The van der Waals surface area contributed by atoms with Crippen LogP contribution in [0.5, 0.6) is 0 Å². The summed E-state index contributed by atoms with van der Waals surface area (Å²) in [4.78, 5) is 11.7. The molecule has 0 saturated heterocycles. The highest BCUT2D eigenvalue weighted by Crippen LogP contribution is 2.38. The number of aliphatic hydroxyl groups is 2. The van der Waals surface area contributed by atoms with Crippen LogP contribution in [0.1, 0.15) is 5.82 Å². The van der Waals surface area contributed by atoms with E-state index >= 15 is 0 Å². The molecule has 0 aliphatic rings. The fourth-order valence-electron chi connectivity index (χ4n) is 2.66. The fraction of sp³-hybridized carbons (Fsp3) is 0.294. The van der Waals surface area contributed by atoms with Crippen molar-refractivity contribution < 1.29 is 14.6 Å². The summed E-state index contributed by atoms with van der Waals surface area (Å²) < 4.78 is 13.2. The summed E-state index contributed by atoms with van der Waals surface area (Å²) >= 11 is 1.50. The van der Waals surface area contributed by atoms with E-state index in [1.54, 1.807) is 12.1 Å². The average Bonchev–Trinajstić information content (AvgIpc) is 2.98. The Kier molecular flexibility index (Phi) is 5.03. The molecular formula is C17H18FN3O2S. The van der Waals surface area contributed by atoms with E-state index in [0.29, 0.717) is 24.7 Å². The Morgan fingerprint density at radius 1 is 1.08 bits per heavy atom. The van der Waals surface area contributed by atoms with Crippen molar-refractivity contribution in [2.24, 2.45) is 0 Å². The van der Waals surface area contributed by atoms with E-state index in [4.69, 9.17) is 0 Å². The Bertz CT molecular complexity index is 830. The van der Waals surface area contributed by atoms with Crippen LogP contribution in [0.3, 0.4) is 0 Å². The highest BCUT2D eigenvalue weighted by Gasteiger charge is 2.18.